The quantitative estimate of drug-likeness (QED) is 0.602. The molecule has 0 unspecified atom stereocenters. The summed E-state index contributed by atoms with van der Waals surface area (Å²) >= 11 is 0. The fraction of sp³-hybridized carbons (Fsp3) is 0.208. The Kier molecular flexibility index (Phi) is 4.66. The molecular formula is C24H24N4O. The van der Waals surface area contributed by atoms with Crippen molar-refractivity contribution in [2.45, 2.75) is 34.6 Å². The van der Waals surface area contributed by atoms with E-state index in [9.17, 15) is 4.79 Å². The lowest BCUT2D eigenvalue weighted by molar-refractivity contribution is -0.114. The van der Waals surface area contributed by atoms with Gasteiger partial charge in [-0.3, -0.25) is 4.79 Å². The first-order valence-electron chi connectivity index (χ1n) is 9.67. The predicted molar refractivity (Wildman–Crippen MR) is 118 cm³/mol. The summed E-state index contributed by atoms with van der Waals surface area (Å²) in [4.78, 5) is 13.1. The van der Waals surface area contributed by atoms with E-state index in [1.165, 1.54) is 10.6 Å². The van der Waals surface area contributed by atoms with Crippen LogP contribution in [0.15, 0.2) is 59.2 Å². The molecule has 0 spiro atoms. The molecule has 5 heteroatoms. The maximum Gasteiger partial charge on any atom is 0.280 e. The molecule has 3 aromatic rings. The van der Waals surface area contributed by atoms with E-state index in [4.69, 9.17) is 5.10 Å². The molecule has 29 heavy (non-hydrogen) atoms. The zero-order valence-corrected chi connectivity index (χ0v) is 17.4. The average Bonchev–Trinajstić information content (AvgIpc) is 3.14. The summed E-state index contributed by atoms with van der Waals surface area (Å²) in [5, 5.41) is 10.7. The van der Waals surface area contributed by atoms with Crippen molar-refractivity contribution in [3.63, 3.8) is 0 Å². The van der Waals surface area contributed by atoms with Gasteiger partial charge >= 0.3 is 0 Å². The number of para-hydroxylation sites is 1. The molecule has 2 aromatic carbocycles. The maximum atomic E-state index is 13.1. The molecule has 0 fully saturated rings. The Morgan fingerprint density at radius 3 is 2.28 bits per heavy atom. The van der Waals surface area contributed by atoms with Crippen molar-refractivity contribution in [1.82, 2.24) is 9.78 Å². The lowest BCUT2D eigenvalue weighted by Crippen LogP contribution is -2.22. The fourth-order valence-corrected chi connectivity index (χ4v) is 3.59. The monoisotopic (exact) mass is 384 g/mol. The topological polar surface area (TPSA) is 50.5 Å². The maximum absolute atomic E-state index is 13.1. The highest BCUT2D eigenvalue weighted by molar-refractivity contribution is 6.32. The summed E-state index contributed by atoms with van der Waals surface area (Å²) in [5.74, 6) is -0.112. The third kappa shape index (κ3) is 3.29. The van der Waals surface area contributed by atoms with Gasteiger partial charge in [-0.2, -0.15) is 15.2 Å². The smallest absolute Gasteiger partial charge is 0.267 e. The highest BCUT2D eigenvalue weighted by atomic mass is 16.2. The molecule has 146 valence electrons. The van der Waals surface area contributed by atoms with Crippen LogP contribution in [0, 0.1) is 27.7 Å². The van der Waals surface area contributed by atoms with Gasteiger partial charge in [0.15, 0.2) is 0 Å². The molecule has 5 nitrogen and oxygen atoms in total. The first kappa shape index (κ1) is 18.9. The molecule has 0 aliphatic carbocycles. The molecule has 1 aliphatic heterocycles. The zero-order valence-electron chi connectivity index (χ0n) is 17.4. The SMILES string of the molecule is CC1=NN(c2ccccc2C)C(=O)/C1=C/c1c(C)nn(-c2ccc(C)cc2)c1C. The van der Waals surface area contributed by atoms with E-state index in [0.717, 1.165) is 33.9 Å². The van der Waals surface area contributed by atoms with E-state index in [1.54, 1.807) is 0 Å². The summed E-state index contributed by atoms with van der Waals surface area (Å²) in [6.45, 7) is 9.91. The number of anilines is 1. The standard InChI is InChI=1S/C24H24N4O/c1-15-10-12-20(13-11-15)27-19(5)21(17(3)25-27)14-22-18(4)26-28(24(22)29)23-9-7-6-8-16(23)2/h6-14H,1-5H3/b22-14+. The van der Waals surface area contributed by atoms with Crippen molar-refractivity contribution >= 4 is 23.4 Å². The Morgan fingerprint density at radius 2 is 1.59 bits per heavy atom. The van der Waals surface area contributed by atoms with Crippen LogP contribution >= 0.6 is 0 Å². The Bertz CT molecular complexity index is 1170. The third-order valence-electron chi connectivity index (χ3n) is 5.32. The zero-order chi connectivity index (χ0) is 20.7. The van der Waals surface area contributed by atoms with Crippen LogP contribution in [0.3, 0.4) is 0 Å². The highest BCUT2D eigenvalue weighted by Crippen LogP contribution is 2.29. The van der Waals surface area contributed by atoms with Crippen LogP contribution in [-0.4, -0.2) is 21.4 Å². The van der Waals surface area contributed by atoms with Crippen LogP contribution in [0.4, 0.5) is 5.69 Å². The number of benzene rings is 2. The highest BCUT2D eigenvalue weighted by Gasteiger charge is 2.30. The molecular weight excluding hydrogens is 360 g/mol. The summed E-state index contributed by atoms with van der Waals surface area (Å²) in [7, 11) is 0. The third-order valence-corrected chi connectivity index (χ3v) is 5.32. The van der Waals surface area contributed by atoms with Gasteiger partial charge in [0.05, 0.1) is 28.4 Å². The Hall–Kier alpha value is -3.47. The van der Waals surface area contributed by atoms with Gasteiger partial charge in [-0.05, 0) is 64.5 Å². The van der Waals surface area contributed by atoms with Gasteiger partial charge in [0.25, 0.3) is 5.91 Å². The van der Waals surface area contributed by atoms with Crippen molar-refractivity contribution in [1.29, 1.82) is 0 Å². The number of carbonyl (C=O) groups is 1. The average molecular weight is 384 g/mol. The summed E-state index contributed by atoms with van der Waals surface area (Å²) < 4.78 is 1.92. The largest absolute Gasteiger partial charge is 0.280 e. The number of rotatable bonds is 3. The van der Waals surface area contributed by atoms with Gasteiger partial charge in [-0.25, -0.2) is 4.68 Å². The number of amides is 1. The van der Waals surface area contributed by atoms with E-state index < -0.39 is 0 Å². The molecule has 1 aromatic heterocycles. The van der Waals surface area contributed by atoms with E-state index in [-0.39, 0.29) is 5.91 Å². The molecule has 1 aliphatic rings. The van der Waals surface area contributed by atoms with Crippen LogP contribution in [0.2, 0.25) is 0 Å². The van der Waals surface area contributed by atoms with Gasteiger partial charge in [-0.1, -0.05) is 35.9 Å². The molecule has 0 atom stereocenters. The Balaban J connectivity index is 1.74. The minimum atomic E-state index is -0.112. The van der Waals surface area contributed by atoms with E-state index >= 15 is 0 Å². The van der Waals surface area contributed by atoms with Crippen LogP contribution < -0.4 is 5.01 Å². The van der Waals surface area contributed by atoms with E-state index in [1.807, 2.05) is 62.7 Å². The van der Waals surface area contributed by atoms with E-state index in [2.05, 4.69) is 36.3 Å². The van der Waals surface area contributed by atoms with Gasteiger partial charge in [0.1, 0.15) is 0 Å². The number of carbonyl (C=O) groups excluding carboxylic acids is 1. The van der Waals surface area contributed by atoms with Crippen LogP contribution in [0.25, 0.3) is 11.8 Å². The Labute approximate surface area is 171 Å². The molecule has 0 bridgehead atoms. The fourth-order valence-electron chi connectivity index (χ4n) is 3.59. The van der Waals surface area contributed by atoms with Gasteiger partial charge in [-0.15, -0.1) is 0 Å². The Morgan fingerprint density at radius 1 is 0.897 bits per heavy atom. The second-order valence-corrected chi connectivity index (χ2v) is 7.48. The van der Waals surface area contributed by atoms with Crippen molar-refractivity contribution in [2.75, 3.05) is 5.01 Å². The number of hydrazone groups is 1. The van der Waals surface area contributed by atoms with E-state index in [0.29, 0.717) is 11.3 Å². The molecule has 0 radical (unpaired) electrons. The molecule has 4 rings (SSSR count). The van der Waals surface area contributed by atoms with Crippen molar-refractivity contribution in [2.24, 2.45) is 5.10 Å². The number of aromatic nitrogens is 2. The van der Waals surface area contributed by atoms with Crippen molar-refractivity contribution in [3.05, 3.63) is 82.2 Å². The van der Waals surface area contributed by atoms with Crippen molar-refractivity contribution < 1.29 is 4.79 Å². The summed E-state index contributed by atoms with van der Waals surface area (Å²) in [6, 6.07) is 16.0. The van der Waals surface area contributed by atoms with Gasteiger partial charge < -0.3 is 0 Å². The number of hydrogen-bond acceptors (Lipinski definition) is 3. The summed E-state index contributed by atoms with van der Waals surface area (Å²) in [5.41, 5.74) is 8.17. The molecule has 2 heterocycles. The predicted octanol–water partition coefficient (Wildman–Crippen LogP) is 4.91. The number of aryl methyl sites for hydroxylation is 3. The normalized spacial score (nSPS) is 15.3. The van der Waals surface area contributed by atoms with Crippen LogP contribution in [0.5, 0.6) is 0 Å². The summed E-state index contributed by atoms with van der Waals surface area (Å²) in [6.07, 6.45) is 1.92. The van der Waals surface area contributed by atoms with Gasteiger partial charge in [0, 0.05) is 11.3 Å². The van der Waals surface area contributed by atoms with Gasteiger partial charge in [0.2, 0.25) is 0 Å². The molecule has 0 N–H and O–H groups in total. The second kappa shape index (κ2) is 7.17. The minimum absolute atomic E-state index is 0.112. The first-order valence-corrected chi connectivity index (χ1v) is 9.67. The molecule has 0 saturated carbocycles. The number of nitrogens with zero attached hydrogens (tertiary/aromatic N) is 4. The second-order valence-electron chi connectivity index (χ2n) is 7.48. The first-order chi connectivity index (χ1) is 13.9. The molecule has 0 saturated heterocycles. The molecule has 1 amide bonds. The van der Waals surface area contributed by atoms with Crippen LogP contribution in [-0.2, 0) is 4.79 Å². The number of hydrogen-bond donors (Lipinski definition) is 0. The lowest BCUT2D eigenvalue weighted by atomic mass is 10.1. The lowest BCUT2D eigenvalue weighted by Gasteiger charge is -2.14. The van der Waals surface area contributed by atoms with Crippen molar-refractivity contribution in [3.8, 4) is 5.69 Å². The van der Waals surface area contributed by atoms with Crippen LogP contribution in [0.1, 0.15) is 35.0 Å². The minimum Gasteiger partial charge on any atom is -0.267 e.